The molecule has 4 rings (SSSR count). The van der Waals surface area contributed by atoms with Crippen molar-refractivity contribution < 1.29 is 9.21 Å². The van der Waals surface area contributed by atoms with Gasteiger partial charge in [-0.1, -0.05) is 33.6 Å². The van der Waals surface area contributed by atoms with Gasteiger partial charge in [-0.3, -0.25) is 14.5 Å². The molecule has 0 fully saturated rings. The van der Waals surface area contributed by atoms with Crippen molar-refractivity contribution in [2.45, 2.75) is 20.4 Å². The van der Waals surface area contributed by atoms with Gasteiger partial charge in [0.15, 0.2) is 5.76 Å². The van der Waals surface area contributed by atoms with Crippen LogP contribution >= 0.6 is 27.5 Å². The summed E-state index contributed by atoms with van der Waals surface area (Å²) in [4.78, 5) is 17.0. The number of rotatable bonds is 4. The first-order valence-electron chi connectivity index (χ1n) is 8.57. The number of hydrogen-bond acceptors (Lipinski definition) is 4. The van der Waals surface area contributed by atoms with E-state index in [1.54, 1.807) is 29.1 Å². The number of hydrogen-bond donors (Lipinski definition) is 1. The Morgan fingerprint density at radius 2 is 2.07 bits per heavy atom. The highest BCUT2D eigenvalue weighted by atomic mass is 79.9. The van der Waals surface area contributed by atoms with Gasteiger partial charge in [0.25, 0.3) is 5.91 Å². The number of nitrogens with one attached hydrogen (secondary N) is 1. The molecule has 28 heavy (non-hydrogen) atoms. The quantitative estimate of drug-likeness (QED) is 0.446. The molecule has 1 amide bonds. The highest BCUT2D eigenvalue weighted by Gasteiger charge is 2.16. The summed E-state index contributed by atoms with van der Waals surface area (Å²) in [7, 11) is 0. The van der Waals surface area contributed by atoms with Crippen LogP contribution in [0.25, 0.3) is 10.9 Å². The lowest BCUT2D eigenvalue weighted by atomic mass is 10.2. The number of aromatic nitrogens is 3. The number of pyridine rings is 1. The standard InChI is InChI=1S/C20H16BrClN4O2/c1-11-18(22)12(2)26(25-11)10-13-5-8-17(28-13)20(27)24-16-7-6-15(21)14-4-3-9-23-19(14)16/h3-9H,10H2,1-2H3,(H,24,27). The Labute approximate surface area is 174 Å². The Morgan fingerprint density at radius 3 is 2.82 bits per heavy atom. The predicted molar refractivity (Wildman–Crippen MR) is 112 cm³/mol. The van der Waals surface area contributed by atoms with E-state index in [-0.39, 0.29) is 11.7 Å². The fraction of sp³-hybridized carbons (Fsp3) is 0.150. The largest absolute Gasteiger partial charge is 0.454 e. The molecule has 0 saturated heterocycles. The van der Waals surface area contributed by atoms with Crippen LogP contribution < -0.4 is 5.32 Å². The zero-order valence-corrected chi connectivity index (χ0v) is 17.5. The molecule has 6 nitrogen and oxygen atoms in total. The van der Waals surface area contributed by atoms with E-state index in [9.17, 15) is 4.79 Å². The number of halogens is 2. The van der Waals surface area contributed by atoms with Gasteiger partial charge < -0.3 is 9.73 Å². The average molecular weight is 460 g/mol. The zero-order valence-electron chi connectivity index (χ0n) is 15.2. The summed E-state index contributed by atoms with van der Waals surface area (Å²) in [6, 6.07) is 10.9. The number of carbonyl (C=O) groups is 1. The van der Waals surface area contributed by atoms with E-state index in [0.29, 0.717) is 28.5 Å². The van der Waals surface area contributed by atoms with Gasteiger partial charge >= 0.3 is 0 Å². The number of amides is 1. The van der Waals surface area contributed by atoms with Crippen molar-refractivity contribution in [3.63, 3.8) is 0 Å². The van der Waals surface area contributed by atoms with E-state index in [1.807, 2.05) is 32.0 Å². The molecule has 1 N–H and O–H groups in total. The maximum absolute atomic E-state index is 12.6. The second kappa shape index (κ2) is 7.41. The molecule has 3 heterocycles. The molecule has 0 aliphatic rings. The Morgan fingerprint density at radius 1 is 1.25 bits per heavy atom. The Balaban J connectivity index is 1.55. The van der Waals surface area contributed by atoms with E-state index in [2.05, 4.69) is 31.3 Å². The highest BCUT2D eigenvalue weighted by Crippen LogP contribution is 2.29. The maximum Gasteiger partial charge on any atom is 0.291 e. The minimum absolute atomic E-state index is 0.217. The van der Waals surface area contributed by atoms with Gasteiger partial charge in [-0.15, -0.1) is 0 Å². The Bertz CT molecular complexity index is 1200. The van der Waals surface area contributed by atoms with Gasteiger partial charge in [0.1, 0.15) is 5.76 Å². The van der Waals surface area contributed by atoms with Crippen molar-refractivity contribution in [2.24, 2.45) is 0 Å². The van der Waals surface area contributed by atoms with Crippen LogP contribution in [0, 0.1) is 13.8 Å². The lowest BCUT2D eigenvalue weighted by Gasteiger charge is -2.08. The van der Waals surface area contributed by atoms with Crippen LogP contribution in [-0.2, 0) is 6.54 Å². The van der Waals surface area contributed by atoms with Crippen molar-refractivity contribution in [3.05, 3.63) is 75.0 Å². The smallest absolute Gasteiger partial charge is 0.291 e. The minimum atomic E-state index is -0.341. The predicted octanol–water partition coefficient (Wildman–Crippen LogP) is 5.36. The van der Waals surface area contributed by atoms with Crippen molar-refractivity contribution >= 4 is 50.0 Å². The van der Waals surface area contributed by atoms with Crippen LogP contribution in [0.3, 0.4) is 0 Å². The summed E-state index contributed by atoms with van der Waals surface area (Å²) in [6.45, 7) is 4.14. The highest BCUT2D eigenvalue weighted by molar-refractivity contribution is 9.10. The number of aryl methyl sites for hydroxylation is 1. The van der Waals surface area contributed by atoms with Crippen LogP contribution in [0.1, 0.15) is 27.7 Å². The minimum Gasteiger partial charge on any atom is -0.454 e. The molecule has 4 aromatic rings. The van der Waals surface area contributed by atoms with Crippen LogP contribution in [0.5, 0.6) is 0 Å². The number of fused-ring (bicyclic) bond motifs is 1. The summed E-state index contributed by atoms with van der Waals surface area (Å²) in [6.07, 6.45) is 1.69. The molecule has 0 saturated carbocycles. The molecular weight excluding hydrogens is 444 g/mol. The Hall–Kier alpha value is -2.64. The summed E-state index contributed by atoms with van der Waals surface area (Å²) < 4.78 is 8.38. The number of furan rings is 1. The van der Waals surface area contributed by atoms with E-state index >= 15 is 0 Å². The van der Waals surface area contributed by atoms with E-state index in [1.165, 1.54) is 0 Å². The summed E-state index contributed by atoms with van der Waals surface area (Å²) in [5.41, 5.74) is 2.94. The molecular formula is C20H16BrClN4O2. The average Bonchev–Trinajstić information content (AvgIpc) is 3.25. The molecule has 1 aromatic carbocycles. The van der Waals surface area contributed by atoms with Gasteiger partial charge in [-0.2, -0.15) is 5.10 Å². The summed E-state index contributed by atoms with van der Waals surface area (Å²) in [5, 5.41) is 8.81. The molecule has 0 spiro atoms. The lowest BCUT2D eigenvalue weighted by molar-refractivity contribution is 0.0995. The van der Waals surface area contributed by atoms with E-state index in [4.69, 9.17) is 16.0 Å². The number of nitrogens with zero attached hydrogens (tertiary/aromatic N) is 3. The fourth-order valence-corrected chi connectivity index (χ4v) is 3.57. The van der Waals surface area contributed by atoms with Crippen molar-refractivity contribution in [2.75, 3.05) is 5.32 Å². The van der Waals surface area contributed by atoms with Crippen LogP contribution in [0.15, 0.2) is 51.5 Å². The molecule has 142 valence electrons. The molecule has 0 aliphatic carbocycles. The zero-order chi connectivity index (χ0) is 19.8. The third-order valence-electron chi connectivity index (χ3n) is 4.45. The number of carbonyl (C=O) groups excluding carboxylic acids is 1. The SMILES string of the molecule is Cc1nn(Cc2ccc(C(=O)Nc3ccc(Br)c4cccnc34)o2)c(C)c1Cl. The molecule has 0 radical (unpaired) electrons. The van der Waals surface area contributed by atoms with Crippen molar-refractivity contribution in [1.29, 1.82) is 0 Å². The monoisotopic (exact) mass is 458 g/mol. The Kier molecular flexibility index (Phi) is 4.95. The lowest BCUT2D eigenvalue weighted by Crippen LogP contribution is -2.11. The fourth-order valence-electron chi connectivity index (χ4n) is 2.98. The third-order valence-corrected chi connectivity index (χ3v) is 5.69. The van der Waals surface area contributed by atoms with E-state index < -0.39 is 0 Å². The van der Waals surface area contributed by atoms with Gasteiger partial charge in [-0.25, -0.2) is 0 Å². The van der Waals surface area contributed by atoms with Crippen molar-refractivity contribution in [3.8, 4) is 0 Å². The number of benzene rings is 1. The first-order chi connectivity index (χ1) is 13.4. The molecule has 0 bridgehead atoms. The summed E-state index contributed by atoms with van der Waals surface area (Å²) in [5.74, 6) is 0.493. The van der Waals surface area contributed by atoms with Crippen LogP contribution in [0.2, 0.25) is 5.02 Å². The summed E-state index contributed by atoms with van der Waals surface area (Å²) >= 11 is 9.68. The molecule has 0 unspecified atom stereocenters. The van der Waals surface area contributed by atoms with Crippen molar-refractivity contribution in [1.82, 2.24) is 14.8 Å². The van der Waals surface area contributed by atoms with Crippen LogP contribution in [-0.4, -0.2) is 20.7 Å². The topological polar surface area (TPSA) is 73.0 Å². The van der Waals surface area contributed by atoms with E-state index in [0.717, 1.165) is 21.2 Å². The number of anilines is 1. The maximum atomic E-state index is 12.6. The van der Waals surface area contributed by atoms with Crippen LogP contribution in [0.4, 0.5) is 5.69 Å². The molecule has 8 heteroatoms. The van der Waals surface area contributed by atoms with Gasteiger partial charge in [0.2, 0.25) is 0 Å². The molecule has 0 atom stereocenters. The normalized spacial score (nSPS) is 11.1. The molecule has 3 aromatic heterocycles. The van der Waals surface area contributed by atoms with Gasteiger partial charge in [0.05, 0.1) is 34.2 Å². The first-order valence-corrected chi connectivity index (χ1v) is 9.74. The van der Waals surface area contributed by atoms with Gasteiger partial charge in [-0.05, 0) is 44.2 Å². The molecule has 0 aliphatic heterocycles. The third kappa shape index (κ3) is 3.43. The van der Waals surface area contributed by atoms with Gasteiger partial charge in [0, 0.05) is 16.1 Å². The second-order valence-electron chi connectivity index (χ2n) is 6.36. The second-order valence-corrected chi connectivity index (χ2v) is 7.59. The first kappa shape index (κ1) is 18.7.